The van der Waals surface area contributed by atoms with Gasteiger partial charge < -0.3 is 15.4 Å². The van der Waals surface area contributed by atoms with Gasteiger partial charge in [0.05, 0.1) is 19.8 Å². The number of nitrogens with zero attached hydrogens (tertiary/aromatic N) is 1. The highest BCUT2D eigenvalue weighted by Gasteiger charge is 2.31. The average Bonchev–Trinajstić information content (AvgIpc) is 2.50. The first-order valence-corrected chi connectivity index (χ1v) is 8.07. The van der Waals surface area contributed by atoms with E-state index in [0.717, 1.165) is 32.7 Å². The Balaban J connectivity index is 2.42. The normalized spacial score (nSPS) is 19.3. The van der Waals surface area contributed by atoms with Gasteiger partial charge in [0.25, 0.3) is 0 Å². The first-order chi connectivity index (χ1) is 10.2. The summed E-state index contributed by atoms with van der Waals surface area (Å²) in [5, 5.41) is 5.61. The minimum Gasteiger partial charge on any atom is -0.379 e. The predicted molar refractivity (Wildman–Crippen MR) is 86.6 cm³/mol. The highest BCUT2D eigenvalue weighted by molar-refractivity contribution is 5.87. The van der Waals surface area contributed by atoms with Gasteiger partial charge in [-0.25, -0.2) is 0 Å². The molecule has 2 N–H and O–H groups in total. The molecule has 1 aliphatic rings. The number of carbonyl (C=O) groups is 2. The van der Waals surface area contributed by atoms with Crippen LogP contribution in [0.4, 0.5) is 0 Å². The summed E-state index contributed by atoms with van der Waals surface area (Å²) >= 11 is 0. The first kappa shape index (κ1) is 18.9. The third-order valence-corrected chi connectivity index (χ3v) is 4.29. The quantitative estimate of drug-likeness (QED) is 0.760. The van der Waals surface area contributed by atoms with Crippen LogP contribution in [-0.4, -0.2) is 61.6 Å². The molecule has 1 atom stereocenters. The van der Waals surface area contributed by atoms with Crippen molar-refractivity contribution in [1.29, 1.82) is 0 Å². The summed E-state index contributed by atoms with van der Waals surface area (Å²) in [6, 6.07) is 0. The van der Waals surface area contributed by atoms with Gasteiger partial charge in [0.1, 0.15) is 0 Å². The Bertz CT molecular complexity index is 387. The fourth-order valence-electron chi connectivity index (χ4n) is 2.34. The zero-order valence-corrected chi connectivity index (χ0v) is 14.6. The Morgan fingerprint density at radius 1 is 1.09 bits per heavy atom. The maximum Gasteiger partial charge on any atom is 0.239 e. The van der Waals surface area contributed by atoms with Crippen LogP contribution in [-0.2, 0) is 14.3 Å². The number of carbonyl (C=O) groups excluding carboxylic acids is 2. The van der Waals surface area contributed by atoms with Crippen LogP contribution >= 0.6 is 0 Å². The van der Waals surface area contributed by atoms with Gasteiger partial charge in [-0.1, -0.05) is 27.7 Å². The molecule has 1 rings (SSSR count). The predicted octanol–water partition coefficient (Wildman–Crippen LogP) is 0.766. The van der Waals surface area contributed by atoms with Crippen LogP contribution in [0.1, 0.15) is 41.0 Å². The van der Waals surface area contributed by atoms with E-state index in [0.29, 0.717) is 6.54 Å². The molecule has 22 heavy (non-hydrogen) atoms. The van der Waals surface area contributed by atoms with Crippen molar-refractivity contribution < 1.29 is 14.3 Å². The van der Waals surface area contributed by atoms with Crippen molar-refractivity contribution in [3.63, 3.8) is 0 Å². The fraction of sp³-hybridized carbons (Fsp3) is 0.875. The van der Waals surface area contributed by atoms with Gasteiger partial charge in [-0.3, -0.25) is 14.5 Å². The second-order valence-electron chi connectivity index (χ2n) is 7.16. The molecule has 0 aromatic carbocycles. The van der Waals surface area contributed by atoms with Crippen molar-refractivity contribution in [3.05, 3.63) is 0 Å². The van der Waals surface area contributed by atoms with Crippen molar-refractivity contribution in [2.75, 3.05) is 39.4 Å². The summed E-state index contributed by atoms with van der Waals surface area (Å²) in [6.07, 6.45) is 0.946. The summed E-state index contributed by atoms with van der Waals surface area (Å²) in [6.45, 7) is 13.6. The molecule has 1 aliphatic heterocycles. The standard InChI is InChI=1S/C16H31N3O3/c1-6-16(5,19-7-9-22-10-8-19)12-18-13(20)11-17-14(21)15(2,3)4/h6-12H2,1-5H3,(H,17,21)(H,18,20). The van der Waals surface area contributed by atoms with Crippen LogP contribution in [0.5, 0.6) is 0 Å². The SMILES string of the molecule is CCC(C)(CNC(=O)CNC(=O)C(C)(C)C)N1CCOCC1. The summed E-state index contributed by atoms with van der Waals surface area (Å²) in [5.41, 5.74) is -0.556. The molecule has 2 amide bonds. The number of rotatable bonds is 6. The number of hydrogen-bond donors (Lipinski definition) is 2. The Labute approximate surface area is 134 Å². The highest BCUT2D eigenvalue weighted by atomic mass is 16.5. The molecule has 0 aromatic heterocycles. The molecule has 6 nitrogen and oxygen atoms in total. The molecular formula is C16H31N3O3. The number of hydrogen-bond acceptors (Lipinski definition) is 4. The summed E-state index contributed by atoms with van der Waals surface area (Å²) < 4.78 is 5.39. The summed E-state index contributed by atoms with van der Waals surface area (Å²) in [5.74, 6) is -0.264. The molecule has 1 saturated heterocycles. The minimum absolute atomic E-state index is 0.0268. The molecule has 128 valence electrons. The smallest absolute Gasteiger partial charge is 0.239 e. The fourth-order valence-corrected chi connectivity index (χ4v) is 2.34. The lowest BCUT2D eigenvalue weighted by Gasteiger charge is -2.43. The zero-order valence-electron chi connectivity index (χ0n) is 14.6. The van der Waals surface area contributed by atoms with Crippen LogP contribution in [0.15, 0.2) is 0 Å². The molecule has 0 aliphatic carbocycles. The van der Waals surface area contributed by atoms with Gasteiger partial charge in [0.15, 0.2) is 0 Å². The lowest BCUT2D eigenvalue weighted by Crippen LogP contribution is -2.57. The zero-order chi connectivity index (χ0) is 16.8. The first-order valence-electron chi connectivity index (χ1n) is 8.07. The molecule has 0 bridgehead atoms. The van der Waals surface area contributed by atoms with E-state index in [9.17, 15) is 9.59 Å². The molecular weight excluding hydrogens is 282 g/mol. The number of ether oxygens (including phenoxy) is 1. The molecule has 0 aromatic rings. The Kier molecular flexibility index (Phi) is 6.81. The van der Waals surface area contributed by atoms with Gasteiger partial charge in [0.2, 0.25) is 11.8 Å². The minimum atomic E-state index is -0.480. The molecule has 6 heteroatoms. The topological polar surface area (TPSA) is 70.7 Å². The largest absolute Gasteiger partial charge is 0.379 e. The van der Waals surface area contributed by atoms with Gasteiger partial charge in [-0.15, -0.1) is 0 Å². The van der Waals surface area contributed by atoms with Crippen LogP contribution < -0.4 is 10.6 Å². The van der Waals surface area contributed by atoms with Crippen molar-refractivity contribution in [2.45, 2.75) is 46.6 Å². The van der Waals surface area contributed by atoms with E-state index in [2.05, 4.69) is 29.4 Å². The Morgan fingerprint density at radius 3 is 2.18 bits per heavy atom. The highest BCUT2D eigenvalue weighted by Crippen LogP contribution is 2.19. The Hall–Kier alpha value is -1.14. The molecule has 1 fully saturated rings. The van der Waals surface area contributed by atoms with E-state index in [1.807, 2.05) is 20.8 Å². The third kappa shape index (κ3) is 5.57. The van der Waals surface area contributed by atoms with Crippen LogP contribution in [0.25, 0.3) is 0 Å². The van der Waals surface area contributed by atoms with Crippen molar-refractivity contribution in [1.82, 2.24) is 15.5 Å². The average molecular weight is 313 g/mol. The molecule has 0 radical (unpaired) electrons. The lowest BCUT2D eigenvalue weighted by atomic mass is 9.95. The van der Waals surface area contributed by atoms with Crippen molar-refractivity contribution in [2.24, 2.45) is 5.41 Å². The second kappa shape index (κ2) is 7.92. The third-order valence-electron chi connectivity index (χ3n) is 4.29. The molecule has 0 spiro atoms. The lowest BCUT2D eigenvalue weighted by molar-refractivity contribution is -0.131. The maximum absolute atomic E-state index is 12.0. The van der Waals surface area contributed by atoms with Gasteiger partial charge in [0, 0.05) is 30.6 Å². The van der Waals surface area contributed by atoms with Crippen LogP contribution in [0, 0.1) is 5.41 Å². The molecule has 1 heterocycles. The van der Waals surface area contributed by atoms with Crippen LogP contribution in [0.3, 0.4) is 0 Å². The van der Waals surface area contributed by atoms with Crippen molar-refractivity contribution in [3.8, 4) is 0 Å². The number of nitrogens with one attached hydrogen (secondary N) is 2. The van der Waals surface area contributed by atoms with Gasteiger partial charge >= 0.3 is 0 Å². The summed E-state index contributed by atoms with van der Waals surface area (Å²) in [7, 11) is 0. The second-order valence-corrected chi connectivity index (χ2v) is 7.16. The van der Waals surface area contributed by atoms with Crippen LogP contribution in [0.2, 0.25) is 0 Å². The van der Waals surface area contributed by atoms with E-state index in [4.69, 9.17) is 4.74 Å². The van der Waals surface area contributed by atoms with E-state index in [1.54, 1.807) is 0 Å². The number of amides is 2. The number of morpholine rings is 1. The monoisotopic (exact) mass is 313 g/mol. The van der Waals surface area contributed by atoms with E-state index in [-0.39, 0.29) is 23.9 Å². The Morgan fingerprint density at radius 2 is 1.68 bits per heavy atom. The maximum atomic E-state index is 12.0. The van der Waals surface area contributed by atoms with E-state index < -0.39 is 5.41 Å². The molecule has 0 saturated carbocycles. The summed E-state index contributed by atoms with van der Waals surface area (Å²) in [4.78, 5) is 26.1. The molecule has 1 unspecified atom stereocenters. The van der Waals surface area contributed by atoms with Crippen molar-refractivity contribution >= 4 is 11.8 Å². The van der Waals surface area contributed by atoms with E-state index in [1.165, 1.54) is 0 Å². The van der Waals surface area contributed by atoms with E-state index >= 15 is 0 Å². The van der Waals surface area contributed by atoms with Gasteiger partial charge in [-0.2, -0.15) is 0 Å². The van der Waals surface area contributed by atoms with Gasteiger partial charge in [-0.05, 0) is 13.3 Å².